The molecule has 0 aliphatic heterocycles. The normalized spacial score (nSPS) is 11.2. The minimum atomic E-state index is -0.321. The Balaban J connectivity index is 2.99. The molecule has 0 aromatic heterocycles. The van der Waals surface area contributed by atoms with Crippen LogP contribution in [0.4, 0.5) is 0 Å². The van der Waals surface area contributed by atoms with Crippen LogP contribution >= 0.6 is 0 Å². The van der Waals surface area contributed by atoms with Crippen molar-refractivity contribution in [1.82, 2.24) is 0 Å². The highest BCUT2D eigenvalue weighted by molar-refractivity contribution is 5.76. The predicted molar refractivity (Wildman–Crippen MR) is 90.7 cm³/mol. The van der Waals surface area contributed by atoms with Crippen molar-refractivity contribution in [2.24, 2.45) is 11.8 Å². The fourth-order valence-corrected chi connectivity index (χ4v) is 2.04. The molecule has 0 atom stereocenters. The van der Waals surface area contributed by atoms with E-state index in [1.165, 1.54) is 0 Å². The van der Waals surface area contributed by atoms with Crippen LogP contribution in [-0.4, -0.2) is 11.9 Å². The quantitative estimate of drug-likeness (QED) is 0.539. The van der Waals surface area contributed by atoms with E-state index < -0.39 is 0 Å². The Morgan fingerprint density at radius 2 is 1.30 bits per heavy atom. The van der Waals surface area contributed by atoms with Crippen molar-refractivity contribution in [2.45, 2.75) is 60.3 Å². The molecule has 0 heterocycles. The predicted octanol–water partition coefficient (Wildman–Crippen LogP) is 4.71. The molecular weight excluding hydrogens is 292 g/mol. The van der Waals surface area contributed by atoms with E-state index in [9.17, 15) is 9.59 Å². The van der Waals surface area contributed by atoms with Crippen LogP contribution in [0.2, 0.25) is 0 Å². The maximum absolute atomic E-state index is 12.0. The van der Waals surface area contributed by atoms with Crippen LogP contribution in [0.1, 0.15) is 65.9 Å². The molecule has 0 aliphatic carbocycles. The third-order valence-corrected chi connectivity index (χ3v) is 3.23. The summed E-state index contributed by atoms with van der Waals surface area (Å²) >= 11 is 0. The van der Waals surface area contributed by atoms with E-state index in [0.717, 1.165) is 5.56 Å². The van der Waals surface area contributed by atoms with E-state index in [-0.39, 0.29) is 29.7 Å². The largest absolute Gasteiger partial charge is 0.423 e. The number of hydrogen-bond donors (Lipinski definition) is 0. The zero-order valence-electron chi connectivity index (χ0n) is 15.0. The molecule has 0 saturated heterocycles. The molecule has 4 heteroatoms. The topological polar surface area (TPSA) is 52.6 Å². The lowest BCUT2D eigenvalue weighted by Gasteiger charge is -2.14. The van der Waals surface area contributed by atoms with Gasteiger partial charge in [-0.15, -0.1) is 0 Å². The second-order valence-corrected chi connectivity index (χ2v) is 7.00. The van der Waals surface area contributed by atoms with Gasteiger partial charge < -0.3 is 9.47 Å². The molecular formula is C19H28O4. The van der Waals surface area contributed by atoms with Gasteiger partial charge in [-0.25, -0.2) is 0 Å². The van der Waals surface area contributed by atoms with Crippen molar-refractivity contribution >= 4 is 11.9 Å². The third-order valence-electron chi connectivity index (χ3n) is 3.23. The summed E-state index contributed by atoms with van der Waals surface area (Å²) < 4.78 is 10.8. The first kappa shape index (κ1) is 19.2. The third kappa shape index (κ3) is 6.85. The standard InChI is InChI=1S/C19H28O4/c1-12(2)9-18(20)22-16-8-7-15(14(5)6)11-17(16)23-19(21)10-13(3)4/h7-8,11-14H,9-10H2,1-6H3. The monoisotopic (exact) mass is 320 g/mol. The Kier molecular flexibility index (Phi) is 7.27. The smallest absolute Gasteiger partial charge is 0.311 e. The molecule has 1 aromatic rings. The number of carbonyl (C=O) groups excluding carboxylic acids is 2. The van der Waals surface area contributed by atoms with Crippen LogP contribution in [0.5, 0.6) is 11.5 Å². The van der Waals surface area contributed by atoms with Crippen molar-refractivity contribution in [3.8, 4) is 11.5 Å². The molecule has 0 spiro atoms. The van der Waals surface area contributed by atoms with Gasteiger partial charge in [0.15, 0.2) is 11.5 Å². The van der Waals surface area contributed by atoms with Gasteiger partial charge in [-0.2, -0.15) is 0 Å². The summed E-state index contributed by atoms with van der Waals surface area (Å²) in [5, 5.41) is 0. The zero-order valence-corrected chi connectivity index (χ0v) is 15.0. The van der Waals surface area contributed by atoms with Crippen LogP contribution in [0.15, 0.2) is 18.2 Å². The van der Waals surface area contributed by atoms with Gasteiger partial charge in [0.25, 0.3) is 0 Å². The SMILES string of the molecule is CC(C)CC(=O)Oc1ccc(C(C)C)cc1OC(=O)CC(C)C. The van der Waals surface area contributed by atoms with E-state index in [2.05, 4.69) is 13.8 Å². The van der Waals surface area contributed by atoms with Crippen molar-refractivity contribution in [2.75, 3.05) is 0 Å². The lowest BCUT2D eigenvalue weighted by Crippen LogP contribution is -2.15. The van der Waals surface area contributed by atoms with E-state index in [0.29, 0.717) is 24.3 Å². The summed E-state index contributed by atoms with van der Waals surface area (Å²) in [5.41, 5.74) is 1.03. The van der Waals surface area contributed by atoms with Gasteiger partial charge >= 0.3 is 11.9 Å². The van der Waals surface area contributed by atoms with Crippen molar-refractivity contribution < 1.29 is 19.1 Å². The maximum atomic E-state index is 12.0. The second kappa shape index (κ2) is 8.70. The van der Waals surface area contributed by atoms with Gasteiger partial charge in [0.05, 0.1) is 0 Å². The zero-order chi connectivity index (χ0) is 17.6. The van der Waals surface area contributed by atoms with Crippen LogP contribution < -0.4 is 9.47 Å². The number of esters is 2. The molecule has 4 nitrogen and oxygen atoms in total. The van der Waals surface area contributed by atoms with E-state index >= 15 is 0 Å². The fourth-order valence-electron chi connectivity index (χ4n) is 2.04. The Hall–Kier alpha value is -1.84. The molecule has 1 rings (SSSR count). The first-order chi connectivity index (χ1) is 10.7. The van der Waals surface area contributed by atoms with Gasteiger partial charge in [0, 0.05) is 12.8 Å². The molecule has 0 fully saturated rings. The molecule has 0 aliphatic rings. The van der Waals surface area contributed by atoms with Gasteiger partial charge in [-0.3, -0.25) is 9.59 Å². The molecule has 128 valence electrons. The number of benzene rings is 1. The lowest BCUT2D eigenvalue weighted by atomic mass is 10.0. The van der Waals surface area contributed by atoms with Crippen LogP contribution in [0.25, 0.3) is 0 Å². The molecule has 0 saturated carbocycles. The molecule has 0 bridgehead atoms. The van der Waals surface area contributed by atoms with Crippen molar-refractivity contribution in [1.29, 1.82) is 0 Å². The molecule has 0 radical (unpaired) electrons. The maximum Gasteiger partial charge on any atom is 0.311 e. The highest BCUT2D eigenvalue weighted by atomic mass is 16.6. The molecule has 0 amide bonds. The minimum absolute atomic E-state index is 0.211. The van der Waals surface area contributed by atoms with Gasteiger partial charge in [0.2, 0.25) is 0 Å². The van der Waals surface area contributed by atoms with E-state index in [1.54, 1.807) is 12.1 Å². The van der Waals surface area contributed by atoms with Gasteiger partial charge in [-0.05, 0) is 35.4 Å². The Bertz CT molecular complexity index is 544. The number of carbonyl (C=O) groups is 2. The first-order valence-electron chi connectivity index (χ1n) is 8.24. The molecule has 0 unspecified atom stereocenters. The minimum Gasteiger partial charge on any atom is -0.423 e. The summed E-state index contributed by atoms with van der Waals surface area (Å²) in [5.74, 6) is 0.696. The lowest BCUT2D eigenvalue weighted by molar-refractivity contribution is -0.138. The number of ether oxygens (including phenoxy) is 2. The molecule has 23 heavy (non-hydrogen) atoms. The van der Waals surface area contributed by atoms with Crippen LogP contribution in [0, 0.1) is 11.8 Å². The Morgan fingerprint density at radius 1 is 0.826 bits per heavy atom. The Morgan fingerprint density at radius 3 is 1.74 bits per heavy atom. The second-order valence-electron chi connectivity index (χ2n) is 7.00. The molecule has 1 aromatic carbocycles. The summed E-state index contributed by atoms with van der Waals surface area (Å²) in [6, 6.07) is 5.37. The van der Waals surface area contributed by atoms with E-state index in [4.69, 9.17) is 9.47 Å². The van der Waals surface area contributed by atoms with Crippen LogP contribution in [-0.2, 0) is 9.59 Å². The van der Waals surface area contributed by atoms with Gasteiger partial charge in [-0.1, -0.05) is 47.6 Å². The first-order valence-corrected chi connectivity index (χ1v) is 8.24. The fraction of sp³-hybridized carbons (Fsp3) is 0.579. The number of hydrogen-bond acceptors (Lipinski definition) is 4. The summed E-state index contributed by atoms with van der Waals surface area (Å²) in [7, 11) is 0. The average Bonchev–Trinajstić information content (AvgIpc) is 2.38. The number of rotatable bonds is 7. The highest BCUT2D eigenvalue weighted by Gasteiger charge is 2.17. The van der Waals surface area contributed by atoms with Crippen LogP contribution in [0.3, 0.4) is 0 Å². The van der Waals surface area contributed by atoms with Crippen molar-refractivity contribution in [3.05, 3.63) is 23.8 Å². The summed E-state index contributed by atoms with van der Waals surface area (Å²) in [4.78, 5) is 23.9. The Labute approximate surface area is 139 Å². The van der Waals surface area contributed by atoms with Gasteiger partial charge in [0.1, 0.15) is 0 Å². The van der Waals surface area contributed by atoms with Crippen molar-refractivity contribution in [3.63, 3.8) is 0 Å². The summed E-state index contributed by atoms with van der Waals surface area (Å²) in [6.45, 7) is 11.9. The van der Waals surface area contributed by atoms with E-state index in [1.807, 2.05) is 33.8 Å². The highest BCUT2D eigenvalue weighted by Crippen LogP contribution is 2.32. The average molecular weight is 320 g/mol. The summed E-state index contributed by atoms with van der Waals surface area (Å²) in [6.07, 6.45) is 0.649. The molecule has 0 N–H and O–H groups in total.